The molecule has 0 atom stereocenters. The van der Waals surface area contributed by atoms with Crippen LogP contribution in [0.2, 0.25) is 5.02 Å². The first kappa shape index (κ1) is 28.2. The summed E-state index contributed by atoms with van der Waals surface area (Å²) in [5.74, 6) is 1.51. The lowest BCUT2D eigenvalue weighted by Crippen LogP contribution is -2.38. The van der Waals surface area contributed by atoms with Gasteiger partial charge in [0.05, 0.1) is 40.6 Å². The van der Waals surface area contributed by atoms with E-state index in [1.165, 1.54) is 6.26 Å². The summed E-state index contributed by atoms with van der Waals surface area (Å²) in [6, 6.07) is 15.6. The normalized spacial score (nSPS) is 14.0. The van der Waals surface area contributed by atoms with Crippen LogP contribution in [0.5, 0.6) is 11.5 Å². The number of rotatable bonds is 10. The van der Waals surface area contributed by atoms with Gasteiger partial charge in [-0.3, -0.25) is 9.88 Å². The van der Waals surface area contributed by atoms with Gasteiger partial charge in [-0.15, -0.1) is 0 Å². The molecule has 1 N–H and O–H groups in total. The maximum absolute atomic E-state index is 11.6. The Balaban J connectivity index is 1.08. The number of aromatic nitrogens is 4. The van der Waals surface area contributed by atoms with Crippen molar-refractivity contribution in [1.82, 2.24) is 24.4 Å². The average molecular weight is 599 g/mol. The molecule has 1 fully saturated rings. The molecular formula is C31H27ClN6O5. The van der Waals surface area contributed by atoms with Gasteiger partial charge in [-0.25, -0.2) is 14.8 Å². The molecule has 11 nitrogen and oxygen atoms in total. The summed E-state index contributed by atoms with van der Waals surface area (Å²) in [7, 11) is 0. The fourth-order valence-electron chi connectivity index (χ4n) is 5.12. The smallest absolute Gasteiger partial charge is 0.335 e. The van der Waals surface area contributed by atoms with Crippen LogP contribution in [0.3, 0.4) is 0 Å². The molecule has 0 unspecified atom stereocenters. The van der Waals surface area contributed by atoms with E-state index in [4.69, 9.17) is 30.5 Å². The molecule has 12 heteroatoms. The second kappa shape index (κ2) is 12.5. The van der Waals surface area contributed by atoms with Crippen LogP contribution in [0.25, 0.3) is 11.0 Å². The summed E-state index contributed by atoms with van der Waals surface area (Å²) in [6.45, 7) is 2.75. The number of nitrogens with zero attached hydrogens (tertiary/aromatic N) is 6. The van der Waals surface area contributed by atoms with Crippen molar-refractivity contribution in [2.75, 3.05) is 13.1 Å². The van der Waals surface area contributed by atoms with Crippen LogP contribution in [0, 0.1) is 11.3 Å². The van der Waals surface area contributed by atoms with Crippen molar-refractivity contribution in [2.24, 2.45) is 0 Å². The third-order valence-corrected chi connectivity index (χ3v) is 7.51. The highest BCUT2D eigenvalue weighted by molar-refractivity contribution is 6.30. The number of imidazole rings is 1. The predicted octanol–water partition coefficient (Wildman–Crippen LogP) is 5.31. The fourth-order valence-corrected chi connectivity index (χ4v) is 5.29. The van der Waals surface area contributed by atoms with Gasteiger partial charge < -0.3 is 23.6 Å². The van der Waals surface area contributed by atoms with E-state index in [1.54, 1.807) is 48.8 Å². The van der Waals surface area contributed by atoms with Crippen molar-refractivity contribution in [3.8, 4) is 17.6 Å². The number of hydrogen-bond acceptors (Lipinski definition) is 9. The predicted molar refractivity (Wildman–Crippen MR) is 156 cm³/mol. The van der Waals surface area contributed by atoms with Crippen molar-refractivity contribution in [3.63, 3.8) is 0 Å². The fraction of sp³-hybridized carbons (Fsp3) is 0.258. The van der Waals surface area contributed by atoms with E-state index in [0.29, 0.717) is 46.8 Å². The number of ether oxygens (including phenoxy) is 2. The van der Waals surface area contributed by atoms with Crippen molar-refractivity contribution in [2.45, 2.75) is 38.6 Å². The van der Waals surface area contributed by atoms with Crippen LogP contribution < -0.4 is 9.47 Å². The largest absolute Gasteiger partial charge is 0.490 e. The lowest BCUT2D eigenvalue weighted by Gasteiger charge is -2.32. The number of aromatic carboxylic acids is 1. The Bertz CT molecular complexity index is 1790. The number of halogens is 1. The summed E-state index contributed by atoms with van der Waals surface area (Å²) in [5.41, 5.74) is 2.70. The maximum atomic E-state index is 11.6. The maximum Gasteiger partial charge on any atom is 0.335 e. The van der Waals surface area contributed by atoms with Crippen LogP contribution in [-0.4, -0.2) is 54.7 Å². The van der Waals surface area contributed by atoms with E-state index in [1.807, 2.05) is 16.7 Å². The van der Waals surface area contributed by atoms with E-state index in [-0.39, 0.29) is 18.3 Å². The van der Waals surface area contributed by atoms with Crippen LogP contribution >= 0.6 is 11.6 Å². The van der Waals surface area contributed by atoms with Gasteiger partial charge in [-0.2, -0.15) is 5.26 Å². The van der Waals surface area contributed by atoms with Crippen LogP contribution in [0.1, 0.15) is 46.2 Å². The summed E-state index contributed by atoms with van der Waals surface area (Å²) >= 11 is 5.97. The lowest BCUT2D eigenvalue weighted by atomic mass is 10.1. The highest BCUT2D eigenvalue weighted by Crippen LogP contribution is 2.26. The molecule has 0 saturated carbocycles. The van der Waals surface area contributed by atoms with Gasteiger partial charge in [-0.1, -0.05) is 11.6 Å². The van der Waals surface area contributed by atoms with E-state index in [0.717, 1.165) is 42.8 Å². The second-order valence-electron chi connectivity index (χ2n) is 10.2. The van der Waals surface area contributed by atoms with Gasteiger partial charge in [0, 0.05) is 30.4 Å². The number of piperidine rings is 1. The molecule has 1 saturated heterocycles. The molecule has 3 aromatic heterocycles. The van der Waals surface area contributed by atoms with E-state index < -0.39 is 5.97 Å². The van der Waals surface area contributed by atoms with Gasteiger partial charge in [0.1, 0.15) is 48.9 Å². The molecule has 2 aromatic carbocycles. The lowest BCUT2D eigenvalue weighted by molar-refractivity contribution is 0.0697. The number of oxazole rings is 1. The molecule has 5 aromatic rings. The number of hydrogen-bond donors (Lipinski definition) is 1. The molecule has 43 heavy (non-hydrogen) atoms. The molecule has 1 aliphatic heterocycles. The number of carbonyl (C=O) groups is 1. The summed E-state index contributed by atoms with van der Waals surface area (Å²) < 4.78 is 19.6. The van der Waals surface area contributed by atoms with E-state index in [2.05, 4.69) is 20.9 Å². The van der Waals surface area contributed by atoms with E-state index >= 15 is 0 Å². The van der Waals surface area contributed by atoms with Gasteiger partial charge in [-0.05, 0) is 55.3 Å². The Morgan fingerprint density at radius 3 is 2.72 bits per heavy atom. The Morgan fingerprint density at radius 2 is 1.95 bits per heavy atom. The minimum Gasteiger partial charge on any atom is -0.490 e. The number of nitriles is 1. The molecule has 0 aliphatic carbocycles. The Labute approximate surface area is 251 Å². The monoisotopic (exact) mass is 598 g/mol. The number of carboxylic acid groups (broad SMARTS) is 1. The van der Waals surface area contributed by atoms with Gasteiger partial charge in [0.15, 0.2) is 0 Å². The second-order valence-corrected chi connectivity index (χ2v) is 10.6. The zero-order chi connectivity index (χ0) is 29.8. The third kappa shape index (κ3) is 6.61. The minimum atomic E-state index is -0.988. The first-order chi connectivity index (χ1) is 20.9. The number of carboxylic acids is 1. The van der Waals surface area contributed by atoms with Crippen LogP contribution in [0.4, 0.5) is 0 Å². The van der Waals surface area contributed by atoms with Crippen molar-refractivity contribution in [1.29, 1.82) is 5.26 Å². The third-order valence-electron chi connectivity index (χ3n) is 7.28. The summed E-state index contributed by atoms with van der Waals surface area (Å²) in [5, 5.41) is 19.3. The zero-order valence-corrected chi connectivity index (χ0v) is 23.8. The molecule has 0 amide bonds. The van der Waals surface area contributed by atoms with Crippen molar-refractivity contribution >= 4 is 28.6 Å². The average Bonchev–Trinajstić information content (AvgIpc) is 3.65. The number of fused-ring (bicyclic) bond motifs is 1. The molecule has 0 bridgehead atoms. The zero-order valence-electron chi connectivity index (χ0n) is 23.0. The first-order valence-corrected chi connectivity index (χ1v) is 14.1. The highest BCUT2D eigenvalue weighted by atomic mass is 35.5. The first-order valence-electron chi connectivity index (χ1n) is 13.7. The van der Waals surface area contributed by atoms with Crippen molar-refractivity contribution < 1.29 is 23.8 Å². The standard InChI is InChI=1S/C31H27ClN6O5/c32-22-2-4-28(21(13-22)16-33)42-19-23-15-25(5-8-34-23)43-24-6-10-37(11-7-24)17-29-36-26-3-1-20(31(39)40)14-27(26)38(29)18-30-35-9-12-41-30/h1-5,8-9,12-15,24H,6-7,10-11,17-19H2,(H,39,40). The van der Waals surface area contributed by atoms with Crippen LogP contribution in [-0.2, 0) is 19.7 Å². The summed E-state index contributed by atoms with van der Waals surface area (Å²) in [6.07, 6.45) is 6.49. The van der Waals surface area contributed by atoms with Gasteiger partial charge in [0.2, 0.25) is 5.89 Å². The summed E-state index contributed by atoms with van der Waals surface area (Å²) in [4.78, 5) is 27.4. The molecule has 0 spiro atoms. The number of benzene rings is 2. The topological polar surface area (TPSA) is 140 Å². The molecule has 6 rings (SSSR count). The SMILES string of the molecule is N#Cc1cc(Cl)ccc1OCc1cc(OC2CCN(Cc3nc4ccc(C(=O)O)cc4n3Cc3ncco3)CC2)ccn1. The molecular weight excluding hydrogens is 572 g/mol. The molecule has 0 radical (unpaired) electrons. The minimum absolute atomic E-state index is 0.0399. The quantitative estimate of drug-likeness (QED) is 0.225. The van der Waals surface area contributed by atoms with E-state index in [9.17, 15) is 15.2 Å². The van der Waals surface area contributed by atoms with Gasteiger partial charge >= 0.3 is 5.97 Å². The Morgan fingerprint density at radius 1 is 1.09 bits per heavy atom. The van der Waals surface area contributed by atoms with Crippen LogP contribution in [0.15, 0.2) is 71.6 Å². The van der Waals surface area contributed by atoms with Crippen molar-refractivity contribution in [3.05, 3.63) is 101 Å². The highest BCUT2D eigenvalue weighted by Gasteiger charge is 2.24. The number of pyridine rings is 1. The molecule has 1 aliphatic rings. The number of likely N-dealkylation sites (tertiary alicyclic amines) is 1. The Kier molecular flexibility index (Phi) is 8.22. The Hall–Kier alpha value is -4.92. The van der Waals surface area contributed by atoms with Gasteiger partial charge in [0.25, 0.3) is 0 Å². The molecule has 218 valence electrons. The molecule has 4 heterocycles.